The average molecular weight is 435 g/mol. The summed E-state index contributed by atoms with van der Waals surface area (Å²) in [5.74, 6) is 1.73. The summed E-state index contributed by atoms with van der Waals surface area (Å²) in [5.41, 5.74) is 1.16. The number of unbranched alkanes of at least 4 members (excludes halogenated alkanes) is 1. The van der Waals surface area contributed by atoms with Crippen LogP contribution in [-0.2, 0) is 11.3 Å². The van der Waals surface area contributed by atoms with E-state index in [1.54, 1.807) is 14.2 Å². The Bertz CT molecular complexity index is 424. The van der Waals surface area contributed by atoms with Gasteiger partial charge in [-0.25, -0.2) is 0 Å². The summed E-state index contributed by atoms with van der Waals surface area (Å²) in [7, 11) is 3.46. The minimum absolute atomic E-state index is 0. The Morgan fingerprint density at radius 1 is 1.09 bits per heavy atom. The van der Waals surface area contributed by atoms with E-state index in [-0.39, 0.29) is 24.0 Å². The molecule has 1 aromatic carbocycles. The number of methoxy groups -OCH3 is 1. The van der Waals surface area contributed by atoms with E-state index >= 15 is 0 Å². The van der Waals surface area contributed by atoms with E-state index in [1.165, 1.54) is 6.42 Å². The number of aliphatic imine (C=N–C) groups is 1. The van der Waals surface area contributed by atoms with Gasteiger partial charge in [-0.2, -0.15) is 0 Å². The molecule has 0 unspecified atom stereocenters. The molecular weight excluding hydrogens is 405 g/mol. The maximum absolute atomic E-state index is 5.67. The second-order valence-electron chi connectivity index (χ2n) is 5.03. The van der Waals surface area contributed by atoms with Gasteiger partial charge < -0.3 is 20.1 Å². The molecule has 0 fully saturated rings. The summed E-state index contributed by atoms with van der Waals surface area (Å²) in [4.78, 5) is 4.18. The first kappa shape index (κ1) is 22.0. The van der Waals surface area contributed by atoms with Crippen LogP contribution in [0, 0.1) is 0 Å². The van der Waals surface area contributed by atoms with Crippen LogP contribution in [0.5, 0.6) is 5.75 Å². The number of hydrogen-bond acceptors (Lipinski definition) is 3. The van der Waals surface area contributed by atoms with Gasteiger partial charge in [0.2, 0.25) is 0 Å². The molecule has 0 heterocycles. The van der Waals surface area contributed by atoms with E-state index in [1.807, 2.05) is 24.3 Å². The number of benzene rings is 1. The predicted octanol–water partition coefficient (Wildman–Crippen LogP) is 3.19. The van der Waals surface area contributed by atoms with Gasteiger partial charge in [0.1, 0.15) is 5.75 Å². The monoisotopic (exact) mass is 435 g/mol. The van der Waals surface area contributed by atoms with Crippen LogP contribution in [0.4, 0.5) is 0 Å². The summed E-state index contributed by atoms with van der Waals surface area (Å²) in [5, 5.41) is 6.57. The number of nitrogens with one attached hydrogen (secondary N) is 2. The molecule has 0 aliphatic heterocycles. The van der Waals surface area contributed by atoms with Crippen LogP contribution in [0.1, 0.15) is 31.7 Å². The zero-order valence-corrected chi connectivity index (χ0v) is 16.8. The summed E-state index contributed by atoms with van der Waals surface area (Å²) < 4.78 is 10.8. The van der Waals surface area contributed by atoms with Crippen molar-refractivity contribution in [2.75, 3.05) is 33.9 Å². The molecule has 0 amide bonds. The molecule has 0 aliphatic carbocycles. The molecule has 2 N–H and O–H groups in total. The maximum atomic E-state index is 5.67. The Kier molecular flexibility index (Phi) is 13.9. The first-order valence-corrected chi connectivity index (χ1v) is 7.95. The van der Waals surface area contributed by atoms with Crippen LogP contribution in [0.15, 0.2) is 29.3 Å². The lowest BCUT2D eigenvalue weighted by atomic mass is 10.2. The van der Waals surface area contributed by atoms with Crippen molar-refractivity contribution in [2.24, 2.45) is 4.99 Å². The second-order valence-corrected chi connectivity index (χ2v) is 5.03. The van der Waals surface area contributed by atoms with Crippen LogP contribution in [0.3, 0.4) is 0 Å². The van der Waals surface area contributed by atoms with Gasteiger partial charge in [-0.1, -0.05) is 25.5 Å². The molecular formula is C17H30IN3O2. The van der Waals surface area contributed by atoms with E-state index < -0.39 is 0 Å². The van der Waals surface area contributed by atoms with Crippen LogP contribution < -0.4 is 15.4 Å². The molecule has 6 heteroatoms. The quantitative estimate of drug-likeness (QED) is 0.257. The van der Waals surface area contributed by atoms with Crippen molar-refractivity contribution in [1.82, 2.24) is 10.6 Å². The highest BCUT2D eigenvalue weighted by atomic mass is 127. The number of hydrogen-bond donors (Lipinski definition) is 2. The standard InChI is InChI=1S/C17H29N3O2.HI/c1-4-5-11-19-17(18-2)20-12-6-13-22-14-15-7-9-16(21-3)10-8-15;/h7-10H,4-6,11-14H2,1-3H3,(H2,18,19,20);1H. The Morgan fingerprint density at radius 2 is 1.74 bits per heavy atom. The minimum Gasteiger partial charge on any atom is -0.497 e. The van der Waals surface area contributed by atoms with Crippen LogP contribution >= 0.6 is 24.0 Å². The second kappa shape index (κ2) is 14.6. The largest absolute Gasteiger partial charge is 0.497 e. The topological polar surface area (TPSA) is 54.9 Å². The lowest BCUT2D eigenvalue weighted by molar-refractivity contribution is 0.119. The van der Waals surface area contributed by atoms with Crippen molar-refractivity contribution in [2.45, 2.75) is 32.8 Å². The summed E-state index contributed by atoms with van der Waals surface area (Å²) in [6.45, 7) is 5.36. The van der Waals surface area contributed by atoms with Gasteiger partial charge in [0, 0.05) is 26.7 Å². The molecule has 0 aromatic heterocycles. The fourth-order valence-electron chi connectivity index (χ4n) is 1.90. The lowest BCUT2D eigenvalue weighted by Gasteiger charge is -2.11. The van der Waals surface area contributed by atoms with Crippen LogP contribution in [-0.4, -0.2) is 39.8 Å². The van der Waals surface area contributed by atoms with E-state index in [0.29, 0.717) is 6.61 Å². The third-order valence-corrected chi connectivity index (χ3v) is 3.23. The van der Waals surface area contributed by atoms with Crippen molar-refractivity contribution in [1.29, 1.82) is 0 Å². The molecule has 0 bridgehead atoms. The highest BCUT2D eigenvalue weighted by molar-refractivity contribution is 14.0. The van der Waals surface area contributed by atoms with Gasteiger partial charge in [-0.15, -0.1) is 24.0 Å². The summed E-state index contributed by atoms with van der Waals surface area (Å²) >= 11 is 0. The van der Waals surface area contributed by atoms with E-state index in [2.05, 4.69) is 22.5 Å². The van der Waals surface area contributed by atoms with E-state index in [4.69, 9.17) is 9.47 Å². The molecule has 23 heavy (non-hydrogen) atoms. The fraction of sp³-hybridized carbons (Fsp3) is 0.588. The van der Waals surface area contributed by atoms with Gasteiger partial charge in [-0.3, -0.25) is 4.99 Å². The molecule has 0 saturated heterocycles. The summed E-state index contributed by atoms with van der Waals surface area (Å²) in [6.07, 6.45) is 3.29. The fourth-order valence-corrected chi connectivity index (χ4v) is 1.90. The first-order chi connectivity index (χ1) is 10.8. The normalized spacial score (nSPS) is 10.8. The molecule has 1 rings (SSSR count). The Balaban J connectivity index is 0.00000484. The lowest BCUT2D eigenvalue weighted by Crippen LogP contribution is -2.38. The minimum atomic E-state index is 0. The number of nitrogens with zero attached hydrogens (tertiary/aromatic N) is 1. The molecule has 5 nitrogen and oxygen atoms in total. The zero-order valence-electron chi connectivity index (χ0n) is 14.4. The number of halogens is 1. The van der Waals surface area contributed by atoms with Gasteiger partial charge in [0.15, 0.2) is 5.96 Å². The van der Waals surface area contributed by atoms with Gasteiger partial charge >= 0.3 is 0 Å². The molecule has 1 aromatic rings. The van der Waals surface area contributed by atoms with Crippen molar-refractivity contribution in [3.63, 3.8) is 0 Å². The average Bonchev–Trinajstić information content (AvgIpc) is 2.57. The first-order valence-electron chi connectivity index (χ1n) is 7.95. The van der Waals surface area contributed by atoms with Crippen molar-refractivity contribution in [3.8, 4) is 5.75 Å². The Hall–Kier alpha value is -1.02. The highest BCUT2D eigenvalue weighted by Gasteiger charge is 1.97. The molecule has 0 aliphatic rings. The van der Waals surface area contributed by atoms with Crippen molar-refractivity contribution in [3.05, 3.63) is 29.8 Å². The molecule has 0 saturated carbocycles. The smallest absolute Gasteiger partial charge is 0.190 e. The van der Waals surface area contributed by atoms with Gasteiger partial charge in [-0.05, 0) is 30.5 Å². The van der Waals surface area contributed by atoms with Crippen LogP contribution in [0.25, 0.3) is 0 Å². The predicted molar refractivity (Wildman–Crippen MR) is 107 cm³/mol. The number of guanidine groups is 1. The molecule has 132 valence electrons. The highest BCUT2D eigenvalue weighted by Crippen LogP contribution is 2.11. The third kappa shape index (κ3) is 10.4. The van der Waals surface area contributed by atoms with Crippen molar-refractivity contribution >= 4 is 29.9 Å². The molecule has 0 atom stereocenters. The summed E-state index contributed by atoms with van der Waals surface area (Å²) in [6, 6.07) is 7.95. The Labute approximate surface area is 157 Å². The zero-order chi connectivity index (χ0) is 16.0. The SMILES string of the molecule is CCCCNC(=NC)NCCCOCc1ccc(OC)cc1.I. The van der Waals surface area contributed by atoms with Crippen LogP contribution in [0.2, 0.25) is 0 Å². The van der Waals surface area contributed by atoms with E-state index in [9.17, 15) is 0 Å². The number of rotatable bonds is 10. The molecule has 0 spiro atoms. The molecule has 0 radical (unpaired) electrons. The third-order valence-electron chi connectivity index (χ3n) is 3.23. The van der Waals surface area contributed by atoms with E-state index in [0.717, 1.165) is 49.8 Å². The van der Waals surface area contributed by atoms with Gasteiger partial charge in [0.05, 0.1) is 13.7 Å². The van der Waals surface area contributed by atoms with Crippen molar-refractivity contribution < 1.29 is 9.47 Å². The maximum Gasteiger partial charge on any atom is 0.190 e. The Morgan fingerprint density at radius 3 is 2.30 bits per heavy atom. The van der Waals surface area contributed by atoms with Gasteiger partial charge in [0.25, 0.3) is 0 Å². The number of ether oxygens (including phenoxy) is 2.